The number of imide groups is 2. The number of rotatable bonds is 7. The number of anilines is 1. The SMILES string of the molecule is [C-]#[N+]c1ccc(OC2C(C)(C)C(NC(=O)c3ccc(N4CCC(N5Cc6cc7c(cc6C5)C(=O)N(C5CCC(=O)NC5=O)C7=O)CC4)nc3)C2(C)C)cc1Cl. The van der Waals surface area contributed by atoms with Crippen LogP contribution in [0.4, 0.5) is 11.5 Å². The first-order chi connectivity index (χ1) is 26.2. The van der Waals surface area contributed by atoms with Crippen LogP contribution in [0.1, 0.15) is 95.6 Å². The van der Waals surface area contributed by atoms with Crippen molar-refractivity contribution in [1.29, 1.82) is 0 Å². The number of ether oxygens (including phenoxy) is 1. The summed E-state index contributed by atoms with van der Waals surface area (Å²) >= 11 is 6.25. The largest absolute Gasteiger partial charge is 0.489 e. The van der Waals surface area contributed by atoms with E-state index in [0.29, 0.717) is 52.3 Å². The Kier molecular flexibility index (Phi) is 8.97. The summed E-state index contributed by atoms with van der Waals surface area (Å²) in [7, 11) is 0. The standard InChI is InChI=1S/C41H42ClN7O6/c1-40(2)38(41(3,4)39(40)55-26-7-8-30(43-5)29(42)18-26)46-34(51)22-6-10-32(44-19-22)47-14-12-25(13-15-47)48-20-23-16-27-28(17-24(23)21-48)37(54)49(36(27)53)31-9-11-33(50)45-35(31)52/h6-8,10,16-19,25,31,38-39H,9,11-15,20-21H2,1-4H3,(H,46,51)(H,45,50,52). The highest BCUT2D eigenvalue weighted by Gasteiger charge is 2.64. The van der Waals surface area contributed by atoms with Gasteiger partial charge in [-0.1, -0.05) is 45.4 Å². The van der Waals surface area contributed by atoms with Crippen molar-refractivity contribution in [2.45, 2.75) is 90.7 Å². The number of benzene rings is 2. The number of carbonyl (C=O) groups is 5. The lowest BCUT2D eigenvalue weighted by Crippen LogP contribution is -2.74. The van der Waals surface area contributed by atoms with Gasteiger partial charge in [0.2, 0.25) is 17.5 Å². The first kappa shape index (κ1) is 36.6. The molecule has 5 amide bonds. The Morgan fingerprint density at radius 3 is 2.16 bits per heavy atom. The zero-order valence-electron chi connectivity index (χ0n) is 31.1. The maximum atomic E-state index is 13.5. The fourth-order valence-corrected chi connectivity index (χ4v) is 9.83. The van der Waals surface area contributed by atoms with Gasteiger partial charge in [0.15, 0.2) is 0 Å². The second-order valence-corrected chi connectivity index (χ2v) is 16.8. The van der Waals surface area contributed by atoms with Crippen molar-refractivity contribution in [3.8, 4) is 5.75 Å². The molecule has 0 bridgehead atoms. The third-order valence-electron chi connectivity index (χ3n) is 12.2. The molecule has 0 spiro atoms. The van der Waals surface area contributed by atoms with Gasteiger partial charge in [-0.2, -0.15) is 0 Å². The summed E-state index contributed by atoms with van der Waals surface area (Å²) in [6, 6.07) is 11.6. The number of halogens is 1. The maximum Gasteiger partial charge on any atom is 0.262 e. The minimum atomic E-state index is -0.977. The summed E-state index contributed by atoms with van der Waals surface area (Å²) in [6.45, 7) is 18.4. The van der Waals surface area contributed by atoms with Crippen LogP contribution in [0.2, 0.25) is 5.02 Å². The van der Waals surface area contributed by atoms with Gasteiger partial charge in [-0.15, -0.1) is 0 Å². The van der Waals surface area contributed by atoms with Gasteiger partial charge in [-0.25, -0.2) is 9.83 Å². The number of hydrogen-bond acceptors (Lipinski definition) is 9. The molecule has 1 unspecified atom stereocenters. The molecule has 1 aliphatic carbocycles. The highest BCUT2D eigenvalue weighted by atomic mass is 35.5. The lowest BCUT2D eigenvalue weighted by Gasteiger charge is -2.63. The van der Waals surface area contributed by atoms with Gasteiger partial charge in [0, 0.05) is 61.7 Å². The Morgan fingerprint density at radius 1 is 0.945 bits per heavy atom. The van der Waals surface area contributed by atoms with Crippen molar-refractivity contribution in [3.63, 3.8) is 0 Å². The zero-order valence-corrected chi connectivity index (χ0v) is 31.9. The second-order valence-electron chi connectivity index (χ2n) is 16.4. The Labute approximate surface area is 324 Å². The van der Waals surface area contributed by atoms with Gasteiger partial charge in [-0.05, 0) is 66.8 Å². The van der Waals surface area contributed by atoms with Crippen LogP contribution in [0, 0.1) is 17.4 Å². The molecule has 1 atom stereocenters. The normalized spacial score (nSPS) is 24.5. The van der Waals surface area contributed by atoms with Crippen LogP contribution in [0.5, 0.6) is 5.75 Å². The van der Waals surface area contributed by atoms with Crippen LogP contribution in [-0.2, 0) is 22.7 Å². The van der Waals surface area contributed by atoms with Gasteiger partial charge < -0.3 is 15.0 Å². The zero-order chi connectivity index (χ0) is 39.0. The minimum Gasteiger partial charge on any atom is -0.489 e. The summed E-state index contributed by atoms with van der Waals surface area (Å²) in [4.78, 5) is 77.9. The molecule has 284 valence electrons. The lowest BCUT2D eigenvalue weighted by atomic mass is 9.49. The van der Waals surface area contributed by atoms with Gasteiger partial charge in [0.1, 0.15) is 23.7 Å². The minimum absolute atomic E-state index is 0.0864. The number of amides is 5. The molecule has 2 aromatic carbocycles. The summed E-state index contributed by atoms with van der Waals surface area (Å²) in [5.74, 6) is -0.773. The third-order valence-corrected chi connectivity index (χ3v) is 12.5. The predicted molar refractivity (Wildman–Crippen MR) is 203 cm³/mol. The number of aromatic nitrogens is 1. The van der Waals surface area contributed by atoms with Gasteiger partial charge in [-0.3, -0.25) is 39.1 Å². The van der Waals surface area contributed by atoms with E-state index in [9.17, 15) is 24.0 Å². The van der Waals surface area contributed by atoms with E-state index in [0.717, 1.165) is 47.8 Å². The number of fused-ring (bicyclic) bond motifs is 2. The highest BCUT2D eigenvalue weighted by molar-refractivity contribution is 6.33. The van der Waals surface area contributed by atoms with E-state index < -0.39 is 29.7 Å². The van der Waals surface area contributed by atoms with E-state index in [2.05, 4.69) is 58.0 Å². The van der Waals surface area contributed by atoms with Gasteiger partial charge in [0.25, 0.3) is 17.7 Å². The molecule has 1 saturated carbocycles. The van der Waals surface area contributed by atoms with Crippen molar-refractivity contribution in [1.82, 2.24) is 25.4 Å². The molecule has 13 nitrogen and oxygen atoms in total. The predicted octanol–water partition coefficient (Wildman–Crippen LogP) is 5.28. The van der Waals surface area contributed by atoms with E-state index in [1.165, 1.54) is 0 Å². The first-order valence-electron chi connectivity index (χ1n) is 18.6. The number of nitrogens with zero attached hydrogens (tertiary/aromatic N) is 5. The van der Waals surface area contributed by atoms with E-state index >= 15 is 0 Å². The van der Waals surface area contributed by atoms with Gasteiger partial charge >= 0.3 is 0 Å². The molecule has 1 aromatic heterocycles. The van der Waals surface area contributed by atoms with Crippen molar-refractivity contribution in [2.24, 2.45) is 10.8 Å². The molecule has 8 rings (SSSR count). The number of nitrogens with one attached hydrogen (secondary N) is 2. The van der Waals surface area contributed by atoms with Crippen LogP contribution < -0.4 is 20.3 Å². The van der Waals surface area contributed by atoms with Crippen molar-refractivity contribution in [3.05, 3.63) is 92.9 Å². The van der Waals surface area contributed by atoms with Gasteiger partial charge in [0.05, 0.1) is 28.3 Å². The molecule has 0 radical (unpaired) electrons. The molecule has 5 heterocycles. The van der Waals surface area contributed by atoms with Crippen LogP contribution in [0.3, 0.4) is 0 Å². The highest BCUT2D eigenvalue weighted by Crippen LogP contribution is 2.55. The van der Waals surface area contributed by atoms with E-state index in [4.69, 9.17) is 22.9 Å². The Morgan fingerprint density at radius 2 is 1.60 bits per heavy atom. The fourth-order valence-electron chi connectivity index (χ4n) is 9.62. The number of hydrogen-bond donors (Lipinski definition) is 2. The smallest absolute Gasteiger partial charge is 0.262 e. The summed E-state index contributed by atoms with van der Waals surface area (Å²) in [5, 5.41) is 5.82. The topological polar surface area (TPSA) is 146 Å². The third kappa shape index (κ3) is 6.21. The van der Waals surface area contributed by atoms with Crippen molar-refractivity contribution in [2.75, 3.05) is 18.0 Å². The Bertz CT molecular complexity index is 2130. The summed E-state index contributed by atoms with van der Waals surface area (Å²) in [5.41, 5.74) is 2.75. The maximum absolute atomic E-state index is 13.5. The average Bonchev–Trinajstić information content (AvgIpc) is 3.69. The van der Waals surface area contributed by atoms with Crippen LogP contribution in [-0.4, -0.2) is 81.6 Å². The molecule has 55 heavy (non-hydrogen) atoms. The molecule has 2 N–H and O–H groups in total. The summed E-state index contributed by atoms with van der Waals surface area (Å²) in [6.07, 6.45) is 3.46. The average molecular weight is 764 g/mol. The summed E-state index contributed by atoms with van der Waals surface area (Å²) < 4.78 is 6.37. The molecule has 3 fully saturated rings. The number of carbonyl (C=O) groups excluding carboxylic acids is 5. The van der Waals surface area contributed by atoms with Crippen LogP contribution in [0.25, 0.3) is 4.85 Å². The monoisotopic (exact) mass is 763 g/mol. The second kappa shape index (κ2) is 13.5. The molecule has 5 aliphatic rings. The molecule has 14 heteroatoms. The number of pyridine rings is 1. The van der Waals surface area contributed by atoms with E-state index in [1.807, 2.05) is 12.1 Å². The Balaban J connectivity index is 0.846. The van der Waals surface area contributed by atoms with Crippen molar-refractivity contribution < 1.29 is 28.7 Å². The quantitative estimate of drug-likeness (QED) is 0.243. The van der Waals surface area contributed by atoms with E-state index in [-0.39, 0.29) is 41.7 Å². The number of piperidine rings is 2. The fraction of sp³-hybridized carbons (Fsp3) is 0.439. The molecular weight excluding hydrogens is 722 g/mol. The Hall–Kier alpha value is -5.32. The molecule has 2 saturated heterocycles. The van der Waals surface area contributed by atoms with E-state index in [1.54, 1.807) is 36.5 Å². The van der Waals surface area contributed by atoms with Crippen molar-refractivity contribution >= 4 is 52.6 Å². The molecule has 3 aromatic rings. The van der Waals surface area contributed by atoms with Crippen LogP contribution in [0.15, 0.2) is 48.7 Å². The first-order valence-corrected chi connectivity index (χ1v) is 19.0. The molecular formula is C41H42ClN7O6. The molecule has 4 aliphatic heterocycles. The lowest BCUT2D eigenvalue weighted by molar-refractivity contribution is -0.164. The van der Waals surface area contributed by atoms with Crippen LogP contribution >= 0.6 is 11.6 Å².